The van der Waals surface area contributed by atoms with Gasteiger partial charge in [0.25, 0.3) is 5.91 Å². The van der Waals surface area contributed by atoms with Gasteiger partial charge in [-0.15, -0.1) is 0 Å². The van der Waals surface area contributed by atoms with Gasteiger partial charge in [0.1, 0.15) is 5.75 Å². The Bertz CT molecular complexity index is 459. The fourth-order valence-corrected chi connectivity index (χ4v) is 2.59. The van der Waals surface area contributed by atoms with Crippen LogP contribution in [0.3, 0.4) is 0 Å². The standard InChI is InChI=1S/C14H18BrNO2/c1-9(2)11-5-6-16(8-11)14(18)10-3-4-12(15)13(17)7-10/h3-4,7,9,11,17H,5-6,8H2,1-2H3. The minimum absolute atomic E-state index is 0.0148. The monoisotopic (exact) mass is 311 g/mol. The highest BCUT2D eigenvalue weighted by atomic mass is 79.9. The lowest BCUT2D eigenvalue weighted by Gasteiger charge is -2.18. The lowest BCUT2D eigenvalue weighted by atomic mass is 9.95. The number of rotatable bonds is 2. The van der Waals surface area contributed by atoms with Crippen molar-refractivity contribution in [3.05, 3.63) is 28.2 Å². The Hall–Kier alpha value is -1.03. The summed E-state index contributed by atoms with van der Waals surface area (Å²) < 4.78 is 0.612. The highest BCUT2D eigenvalue weighted by Crippen LogP contribution is 2.28. The van der Waals surface area contributed by atoms with E-state index in [9.17, 15) is 9.90 Å². The third-order valence-electron chi connectivity index (χ3n) is 3.65. The molecule has 1 aromatic rings. The zero-order chi connectivity index (χ0) is 13.3. The van der Waals surface area contributed by atoms with Gasteiger partial charge in [-0.3, -0.25) is 4.79 Å². The number of phenols is 1. The molecular weight excluding hydrogens is 294 g/mol. The zero-order valence-electron chi connectivity index (χ0n) is 10.7. The van der Waals surface area contributed by atoms with E-state index < -0.39 is 0 Å². The molecule has 1 heterocycles. The molecule has 1 aliphatic rings. The predicted molar refractivity (Wildman–Crippen MR) is 74.7 cm³/mol. The van der Waals surface area contributed by atoms with Crippen molar-refractivity contribution in [2.45, 2.75) is 20.3 Å². The van der Waals surface area contributed by atoms with Gasteiger partial charge >= 0.3 is 0 Å². The molecule has 0 saturated carbocycles. The molecular formula is C14H18BrNO2. The van der Waals surface area contributed by atoms with Gasteiger partial charge in [-0.1, -0.05) is 13.8 Å². The largest absolute Gasteiger partial charge is 0.507 e. The fraction of sp³-hybridized carbons (Fsp3) is 0.500. The summed E-state index contributed by atoms with van der Waals surface area (Å²) in [6.07, 6.45) is 1.08. The van der Waals surface area contributed by atoms with E-state index in [4.69, 9.17) is 0 Å². The summed E-state index contributed by atoms with van der Waals surface area (Å²) in [5.41, 5.74) is 0.556. The van der Waals surface area contributed by atoms with Gasteiger partial charge in [-0.25, -0.2) is 0 Å². The van der Waals surface area contributed by atoms with Crippen LogP contribution in [0.15, 0.2) is 22.7 Å². The summed E-state index contributed by atoms with van der Waals surface area (Å²) in [5, 5.41) is 9.61. The number of aromatic hydroxyl groups is 1. The van der Waals surface area contributed by atoms with Crippen LogP contribution in [0.5, 0.6) is 5.75 Å². The van der Waals surface area contributed by atoms with Gasteiger partial charge in [0.2, 0.25) is 0 Å². The summed E-state index contributed by atoms with van der Waals surface area (Å²) in [6, 6.07) is 4.97. The predicted octanol–water partition coefficient (Wildman–Crippen LogP) is 3.27. The molecule has 2 rings (SSSR count). The second-order valence-electron chi connectivity index (χ2n) is 5.21. The third-order valence-corrected chi connectivity index (χ3v) is 4.32. The summed E-state index contributed by atoms with van der Waals surface area (Å²) in [4.78, 5) is 14.2. The van der Waals surface area contributed by atoms with Crippen molar-refractivity contribution in [2.75, 3.05) is 13.1 Å². The van der Waals surface area contributed by atoms with Gasteiger partial charge in [-0.05, 0) is 52.4 Å². The van der Waals surface area contributed by atoms with E-state index in [2.05, 4.69) is 29.8 Å². The molecule has 0 aliphatic carbocycles. The van der Waals surface area contributed by atoms with E-state index >= 15 is 0 Å². The molecule has 1 aromatic carbocycles. The van der Waals surface area contributed by atoms with E-state index in [0.29, 0.717) is 21.9 Å². The Balaban J connectivity index is 2.10. The smallest absolute Gasteiger partial charge is 0.253 e. The van der Waals surface area contributed by atoms with E-state index in [1.54, 1.807) is 12.1 Å². The lowest BCUT2D eigenvalue weighted by Crippen LogP contribution is -2.29. The molecule has 98 valence electrons. The molecule has 1 fully saturated rings. The Morgan fingerprint density at radius 1 is 1.50 bits per heavy atom. The Morgan fingerprint density at radius 3 is 2.78 bits per heavy atom. The lowest BCUT2D eigenvalue weighted by molar-refractivity contribution is 0.0783. The third kappa shape index (κ3) is 2.69. The van der Waals surface area contributed by atoms with E-state index in [0.717, 1.165) is 19.5 Å². The number of nitrogens with zero attached hydrogens (tertiary/aromatic N) is 1. The maximum absolute atomic E-state index is 12.3. The zero-order valence-corrected chi connectivity index (χ0v) is 12.3. The molecule has 1 amide bonds. The molecule has 0 aromatic heterocycles. The van der Waals surface area contributed by atoms with Crippen LogP contribution in [0.25, 0.3) is 0 Å². The number of carbonyl (C=O) groups is 1. The average molecular weight is 312 g/mol. The highest BCUT2D eigenvalue weighted by molar-refractivity contribution is 9.10. The van der Waals surface area contributed by atoms with Crippen LogP contribution < -0.4 is 0 Å². The summed E-state index contributed by atoms with van der Waals surface area (Å²) in [5.74, 6) is 1.33. The first-order valence-corrected chi connectivity index (χ1v) is 7.06. The molecule has 1 saturated heterocycles. The van der Waals surface area contributed by atoms with Crippen molar-refractivity contribution in [1.82, 2.24) is 4.90 Å². The van der Waals surface area contributed by atoms with Crippen molar-refractivity contribution in [3.63, 3.8) is 0 Å². The quantitative estimate of drug-likeness (QED) is 0.910. The Kier molecular flexibility index (Phi) is 3.95. The first-order valence-electron chi connectivity index (χ1n) is 6.27. The van der Waals surface area contributed by atoms with Gasteiger partial charge < -0.3 is 10.0 Å². The molecule has 0 bridgehead atoms. The number of benzene rings is 1. The number of hydrogen-bond acceptors (Lipinski definition) is 2. The SMILES string of the molecule is CC(C)C1CCN(C(=O)c2ccc(Br)c(O)c2)C1. The van der Waals surface area contributed by atoms with E-state index in [-0.39, 0.29) is 11.7 Å². The maximum atomic E-state index is 12.3. The minimum atomic E-state index is 0.0148. The van der Waals surface area contributed by atoms with Crippen molar-refractivity contribution >= 4 is 21.8 Å². The molecule has 0 spiro atoms. The molecule has 18 heavy (non-hydrogen) atoms. The van der Waals surface area contributed by atoms with Crippen molar-refractivity contribution in [2.24, 2.45) is 11.8 Å². The van der Waals surface area contributed by atoms with Crippen LogP contribution in [0.1, 0.15) is 30.6 Å². The average Bonchev–Trinajstić information content (AvgIpc) is 2.81. The molecule has 1 unspecified atom stereocenters. The van der Waals surface area contributed by atoms with Gasteiger partial charge in [0, 0.05) is 18.7 Å². The van der Waals surface area contributed by atoms with Gasteiger partial charge in [0.15, 0.2) is 0 Å². The Morgan fingerprint density at radius 2 is 2.22 bits per heavy atom. The summed E-state index contributed by atoms with van der Waals surface area (Å²) in [6.45, 7) is 6.04. The van der Waals surface area contributed by atoms with Crippen LogP contribution in [-0.4, -0.2) is 29.0 Å². The fourth-order valence-electron chi connectivity index (χ4n) is 2.34. The summed E-state index contributed by atoms with van der Waals surface area (Å²) in [7, 11) is 0. The molecule has 4 heteroatoms. The van der Waals surface area contributed by atoms with Crippen molar-refractivity contribution in [1.29, 1.82) is 0 Å². The highest BCUT2D eigenvalue weighted by Gasteiger charge is 2.28. The van der Waals surface area contributed by atoms with Crippen molar-refractivity contribution in [3.8, 4) is 5.75 Å². The molecule has 1 aliphatic heterocycles. The molecule has 1 atom stereocenters. The topological polar surface area (TPSA) is 40.5 Å². The van der Waals surface area contributed by atoms with Crippen molar-refractivity contribution < 1.29 is 9.90 Å². The number of hydrogen-bond donors (Lipinski definition) is 1. The number of halogens is 1. The molecule has 3 nitrogen and oxygen atoms in total. The number of phenolic OH excluding ortho intramolecular Hbond substituents is 1. The molecule has 0 radical (unpaired) electrons. The first-order chi connectivity index (χ1) is 8.49. The van der Waals surface area contributed by atoms with E-state index in [1.807, 2.05) is 4.90 Å². The number of likely N-dealkylation sites (tertiary alicyclic amines) is 1. The maximum Gasteiger partial charge on any atom is 0.253 e. The number of carbonyl (C=O) groups excluding carboxylic acids is 1. The van der Waals surface area contributed by atoms with Gasteiger partial charge in [-0.2, -0.15) is 0 Å². The summed E-state index contributed by atoms with van der Waals surface area (Å²) >= 11 is 3.22. The van der Waals surface area contributed by atoms with Crippen LogP contribution in [0.2, 0.25) is 0 Å². The van der Waals surface area contributed by atoms with Crippen LogP contribution in [0, 0.1) is 11.8 Å². The van der Waals surface area contributed by atoms with Crippen LogP contribution >= 0.6 is 15.9 Å². The van der Waals surface area contributed by atoms with Gasteiger partial charge in [0.05, 0.1) is 4.47 Å². The Labute approximate surface area is 116 Å². The van der Waals surface area contributed by atoms with E-state index in [1.165, 1.54) is 6.07 Å². The van der Waals surface area contributed by atoms with Crippen LogP contribution in [0.4, 0.5) is 0 Å². The second kappa shape index (κ2) is 5.31. The molecule has 1 N–H and O–H groups in total. The minimum Gasteiger partial charge on any atom is -0.507 e. The second-order valence-corrected chi connectivity index (χ2v) is 6.06. The van der Waals surface area contributed by atoms with Crippen LogP contribution in [-0.2, 0) is 0 Å². The normalized spacial score (nSPS) is 19.6. The first kappa shape index (κ1) is 13.4. The number of amides is 1.